The Morgan fingerprint density at radius 3 is 2.59 bits per heavy atom. The lowest BCUT2D eigenvalue weighted by Crippen LogP contribution is -2.20. The van der Waals surface area contributed by atoms with E-state index >= 15 is 0 Å². The lowest BCUT2D eigenvalue weighted by atomic mass is 10.3. The molecule has 1 aromatic rings. The largest absolute Gasteiger partial charge is 0.468 e. The number of hydrogen-bond donors (Lipinski definition) is 1. The maximum absolute atomic E-state index is 12.4. The summed E-state index contributed by atoms with van der Waals surface area (Å²) in [7, 11) is -0.624. The van der Waals surface area contributed by atoms with E-state index in [9.17, 15) is 18.0 Å². The Morgan fingerprint density at radius 1 is 1.30 bits per heavy atom. The molecule has 148 valence electrons. The predicted molar refractivity (Wildman–Crippen MR) is 106 cm³/mol. The van der Waals surface area contributed by atoms with E-state index in [1.807, 2.05) is 11.9 Å². The Labute approximate surface area is 163 Å². The maximum atomic E-state index is 12.4. The summed E-state index contributed by atoms with van der Waals surface area (Å²) in [6.45, 7) is 0.803. The molecule has 1 aromatic carbocycles. The minimum atomic E-state index is -3.76. The van der Waals surface area contributed by atoms with Gasteiger partial charge in [0.15, 0.2) is 0 Å². The van der Waals surface area contributed by atoms with Gasteiger partial charge in [-0.3, -0.25) is 9.59 Å². The molecule has 27 heavy (non-hydrogen) atoms. The number of rotatable bonds is 8. The van der Waals surface area contributed by atoms with E-state index in [-0.39, 0.29) is 28.9 Å². The number of amidine groups is 1. The lowest BCUT2D eigenvalue weighted by molar-refractivity contribution is -0.137. The summed E-state index contributed by atoms with van der Waals surface area (Å²) in [4.78, 5) is 24.8. The summed E-state index contributed by atoms with van der Waals surface area (Å²) >= 11 is 1.31. The number of esters is 1. The van der Waals surface area contributed by atoms with Gasteiger partial charge in [0, 0.05) is 37.9 Å². The fraction of sp³-hybridized carbons (Fsp3) is 0.471. The number of nitrogens with one attached hydrogen (secondary N) is 1. The number of anilines is 1. The van der Waals surface area contributed by atoms with Gasteiger partial charge in [-0.25, -0.2) is 0 Å². The Balaban J connectivity index is 1.89. The van der Waals surface area contributed by atoms with E-state index in [1.165, 1.54) is 43.1 Å². The van der Waals surface area contributed by atoms with Crippen LogP contribution in [0.25, 0.3) is 0 Å². The summed E-state index contributed by atoms with van der Waals surface area (Å²) in [6.07, 6.45) is 1.79. The number of carbonyl (C=O) groups is 2. The summed E-state index contributed by atoms with van der Waals surface area (Å²) in [6, 6.07) is 5.92. The molecule has 1 saturated heterocycles. The molecule has 8 nitrogen and oxygen atoms in total. The number of methoxy groups -OCH3 is 1. The first-order valence-corrected chi connectivity index (χ1v) is 11.0. The van der Waals surface area contributed by atoms with Crippen LogP contribution in [0.5, 0.6) is 0 Å². The molecule has 0 aliphatic carbocycles. The normalized spacial score (nSPS) is 15.8. The third-order valence-corrected chi connectivity index (χ3v) is 6.17. The Hall–Kier alpha value is -2.07. The van der Waals surface area contributed by atoms with Gasteiger partial charge in [-0.15, -0.1) is 16.2 Å². The van der Waals surface area contributed by atoms with Gasteiger partial charge in [-0.1, -0.05) is 0 Å². The number of benzene rings is 1. The third kappa shape index (κ3) is 6.55. The molecule has 1 fully saturated rings. The zero-order valence-corrected chi connectivity index (χ0v) is 16.9. The monoisotopic (exact) mass is 413 g/mol. The second-order valence-electron chi connectivity index (χ2n) is 5.96. The van der Waals surface area contributed by atoms with Crippen molar-refractivity contribution >= 4 is 45.2 Å². The molecule has 0 atom stereocenters. The Morgan fingerprint density at radius 2 is 2.00 bits per heavy atom. The van der Waals surface area contributed by atoms with E-state index in [4.69, 9.17) is 0 Å². The zero-order valence-electron chi connectivity index (χ0n) is 15.3. The molecule has 0 bridgehead atoms. The standard InChI is InChI=1S/C17H23N3O5S2/c1-20-10-3-4-15(20)19-27(23,24)14-7-5-13(6-8-14)18-16(21)9-11-26-12-17(22)25-2/h5-8H,3-4,9-12H2,1-2H3,(H,18,21)/b19-15-. The predicted octanol–water partition coefficient (Wildman–Crippen LogP) is 1.73. The molecule has 0 saturated carbocycles. The van der Waals surface area contributed by atoms with Crippen LogP contribution in [0, 0.1) is 0 Å². The number of likely N-dealkylation sites (tertiary alicyclic amines) is 1. The maximum Gasteiger partial charge on any atom is 0.315 e. The average molecular weight is 414 g/mol. The minimum Gasteiger partial charge on any atom is -0.468 e. The van der Waals surface area contributed by atoms with Crippen molar-refractivity contribution in [1.29, 1.82) is 0 Å². The van der Waals surface area contributed by atoms with Crippen LogP contribution in [0.3, 0.4) is 0 Å². The van der Waals surface area contributed by atoms with Crippen LogP contribution in [-0.2, 0) is 24.3 Å². The minimum absolute atomic E-state index is 0.0851. The number of carbonyl (C=O) groups excluding carboxylic acids is 2. The Bertz CT molecular complexity index is 806. The molecular weight excluding hydrogens is 390 g/mol. The third-order valence-electron chi connectivity index (χ3n) is 3.92. The van der Waals surface area contributed by atoms with Crippen LogP contribution in [-0.4, -0.2) is 63.2 Å². The van der Waals surface area contributed by atoms with E-state index in [0.29, 0.717) is 23.7 Å². The van der Waals surface area contributed by atoms with Crippen LogP contribution in [0.4, 0.5) is 5.69 Å². The van der Waals surface area contributed by atoms with Crippen molar-refractivity contribution in [2.24, 2.45) is 4.40 Å². The molecule has 1 aliphatic rings. The second-order valence-corrected chi connectivity index (χ2v) is 8.67. The van der Waals surface area contributed by atoms with Crippen LogP contribution < -0.4 is 5.32 Å². The van der Waals surface area contributed by atoms with E-state index in [0.717, 1.165) is 13.0 Å². The highest BCUT2D eigenvalue weighted by atomic mass is 32.2. The first-order chi connectivity index (χ1) is 12.8. The fourth-order valence-corrected chi connectivity index (χ4v) is 4.27. The van der Waals surface area contributed by atoms with Crippen molar-refractivity contribution in [3.05, 3.63) is 24.3 Å². The topological polar surface area (TPSA) is 105 Å². The molecule has 1 aliphatic heterocycles. The van der Waals surface area contributed by atoms with Gasteiger partial charge in [-0.2, -0.15) is 8.42 Å². The van der Waals surface area contributed by atoms with Gasteiger partial charge >= 0.3 is 5.97 Å². The van der Waals surface area contributed by atoms with E-state index < -0.39 is 10.0 Å². The summed E-state index contributed by atoms with van der Waals surface area (Å²) in [5.41, 5.74) is 0.502. The SMILES string of the molecule is COC(=O)CSCCC(=O)Nc1ccc(S(=O)(=O)/N=C2/CCCN2C)cc1. The van der Waals surface area contributed by atoms with Crippen molar-refractivity contribution < 1.29 is 22.7 Å². The smallest absolute Gasteiger partial charge is 0.315 e. The highest BCUT2D eigenvalue weighted by Gasteiger charge is 2.20. The second kappa shape index (κ2) is 9.75. The summed E-state index contributed by atoms with van der Waals surface area (Å²) in [5.74, 6) is 0.712. The number of thioether (sulfide) groups is 1. The van der Waals surface area contributed by atoms with Crippen LogP contribution in [0.2, 0.25) is 0 Å². The van der Waals surface area contributed by atoms with Crippen LogP contribution in [0.1, 0.15) is 19.3 Å². The van der Waals surface area contributed by atoms with E-state index in [2.05, 4.69) is 14.5 Å². The first-order valence-electron chi connectivity index (χ1n) is 8.41. The zero-order chi connectivity index (χ0) is 19.9. The van der Waals surface area contributed by atoms with Gasteiger partial charge in [-0.05, 0) is 30.7 Å². The highest BCUT2D eigenvalue weighted by Crippen LogP contribution is 2.19. The van der Waals surface area contributed by atoms with Gasteiger partial charge < -0.3 is 15.0 Å². The van der Waals surface area contributed by atoms with E-state index in [1.54, 1.807) is 0 Å². The van der Waals surface area contributed by atoms with Gasteiger partial charge in [0.2, 0.25) is 5.91 Å². The molecule has 10 heteroatoms. The molecule has 0 spiro atoms. The number of nitrogens with zero attached hydrogens (tertiary/aromatic N) is 2. The molecule has 1 heterocycles. The molecular formula is C17H23N3O5S2. The first kappa shape index (κ1) is 21.2. The van der Waals surface area contributed by atoms with Gasteiger partial charge in [0.25, 0.3) is 10.0 Å². The average Bonchev–Trinajstić information content (AvgIpc) is 3.03. The van der Waals surface area contributed by atoms with Crippen LogP contribution in [0.15, 0.2) is 33.6 Å². The summed E-state index contributed by atoms with van der Waals surface area (Å²) in [5, 5.41) is 2.70. The van der Waals surface area contributed by atoms with Crippen molar-refractivity contribution in [2.45, 2.75) is 24.2 Å². The molecule has 0 radical (unpaired) electrons. The van der Waals surface area contributed by atoms with Crippen molar-refractivity contribution in [3.63, 3.8) is 0 Å². The van der Waals surface area contributed by atoms with Crippen molar-refractivity contribution in [2.75, 3.05) is 37.5 Å². The number of ether oxygens (including phenoxy) is 1. The van der Waals surface area contributed by atoms with Crippen molar-refractivity contribution in [1.82, 2.24) is 4.90 Å². The molecule has 2 rings (SSSR count). The van der Waals surface area contributed by atoms with Gasteiger partial charge in [0.1, 0.15) is 5.84 Å². The number of amides is 1. The molecule has 1 amide bonds. The number of hydrogen-bond acceptors (Lipinski definition) is 6. The Kier molecular flexibility index (Phi) is 7.66. The van der Waals surface area contributed by atoms with Gasteiger partial charge in [0.05, 0.1) is 17.8 Å². The van der Waals surface area contributed by atoms with Crippen LogP contribution >= 0.6 is 11.8 Å². The quantitative estimate of drug-likeness (QED) is 0.511. The molecule has 1 N–H and O–H groups in total. The van der Waals surface area contributed by atoms with Crippen molar-refractivity contribution in [3.8, 4) is 0 Å². The molecule has 0 unspecified atom stereocenters. The number of sulfonamides is 1. The fourth-order valence-electron chi connectivity index (χ4n) is 2.41. The summed E-state index contributed by atoms with van der Waals surface area (Å²) < 4.78 is 33.2. The lowest BCUT2D eigenvalue weighted by Gasteiger charge is -2.11. The highest BCUT2D eigenvalue weighted by molar-refractivity contribution is 7.99. The molecule has 0 aromatic heterocycles.